The number of nitrogen functional groups attached to an aromatic ring is 1. The van der Waals surface area contributed by atoms with Gasteiger partial charge < -0.3 is 5.73 Å². The zero-order valence-corrected chi connectivity index (χ0v) is 12.5. The lowest BCUT2D eigenvalue weighted by atomic mass is 9.93. The summed E-state index contributed by atoms with van der Waals surface area (Å²) in [5, 5.41) is 0.295. The molecule has 4 heteroatoms. The molecule has 0 aliphatic heterocycles. The molecule has 0 spiro atoms. The summed E-state index contributed by atoms with van der Waals surface area (Å²) < 4.78 is 13.7. The van der Waals surface area contributed by atoms with E-state index < -0.39 is 5.82 Å². The first-order valence-electron chi connectivity index (χ1n) is 6.77. The summed E-state index contributed by atoms with van der Waals surface area (Å²) in [6.45, 7) is 1.96. The molecule has 0 heterocycles. The van der Waals surface area contributed by atoms with Gasteiger partial charge in [0.2, 0.25) is 0 Å². The summed E-state index contributed by atoms with van der Waals surface area (Å²) in [5.41, 5.74) is 7.64. The Balaban J connectivity index is 2.03. The van der Waals surface area contributed by atoms with Crippen LogP contribution in [0.15, 0.2) is 42.5 Å². The van der Waals surface area contributed by atoms with Crippen molar-refractivity contribution >= 4 is 23.1 Å². The number of hydrogen-bond donors (Lipinski definition) is 1. The number of Topliss-reactive ketones (excluding diaryl/α,β-unsaturated/α-hetero) is 1. The van der Waals surface area contributed by atoms with Crippen LogP contribution in [-0.2, 0) is 11.2 Å². The molecule has 1 atom stereocenters. The molecule has 0 aliphatic rings. The normalized spacial score (nSPS) is 12.1. The van der Waals surface area contributed by atoms with Gasteiger partial charge in [-0.25, -0.2) is 4.39 Å². The highest BCUT2D eigenvalue weighted by Gasteiger charge is 2.15. The first-order chi connectivity index (χ1) is 9.97. The molecule has 0 saturated heterocycles. The fourth-order valence-electron chi connectivity index (χ4n) is 2.25. The monoisotopic (exact) mass is 305 g/mol. The number of hydrogen-bond acceptors (Lipinski definition) is 2. The maximum atomic E-state index is 13.7. The highest BCUT2D eigenvalue weighted by Crippen LogP contribution is 2.24. The van der Waals surface area contributed by atoms with E-state index in [-0.39, 0.29) is 23.7 Å². The van der Waals surface area contributed by atoms with Crippen molar-refractivity contribution in [3.8, 4) is 0 Å². The number of benzene rings is 2. The Kier molecular flexibility index (Phi) is 4.97. The largest absolute Gasteiger partial charge is 0.399 e. The lowest BCUT2D eigenvalue weighted by molar-refractivity contribution is -0.118. The van der Waals surface area contributed by atoms with Crippen molar-refractivity contribution in [2.24, 2.45) is 0 Å². The Hall–Kier alpha value is -1.87. The Labute approximate surface area is 128 Å². The Morgan fingerprint density at radius 1 is 1.24 bits per heavy atom. The standard InChI is InChI=1S/C17H17ClFNO/c1-11(12-5-7-13(20)8-6-12)9-14(21)10-15-16(18)3-2-4-17(15)19/h2-8,11H,9-10,20H2,1H3. The van der Waals surface area contributed by atoms with Crippen LogP contribution in [0.25, 0.3) is 0 Å². The van der Waals surface area contributed by atoms with Gasteiger partial charge in [-0.15, -0.1) is 0 Å². The van der Waals surface area contributed by atoms with Gasteiger partial charge in [-0.05, 0) is 35.7 Å². The van der Waals surface area contributed by atoms with Gasteiger partial charge in [-0.3, -0.25) is 4.79 Å². The maximum absolute atomic E-state index is 13.7. The van der Waals surface area contributed by atoms with Crippen molar-refractivity contribution in [1.29, 1.82) is 0 Å². The molecule has 0 aliphatic carbocycles. The Morgan fingerprint density at radius 3 is 2.52 bits per heavy atom. The van der Waals surface area contributed by atoms with Gasteiger partial charge in [0.15, 0.2) is 0 Å². The number of carbonyl (C=O) groups is 1. The van der Waals surface area contributed by atoms with E-state index in [0.29, 0.717) is 17.1 Å². The van der Waals surface area contributed by atoms with E-state index in [1.165, 1.54) is 12.1 Å². The Bertz CT molecular complexity index is 619. The van der Waals surface area contributed by atoms with Crippen LogP contribution in [0.4, 0.5) is 10.1 Å². The minimum absolute atomic E-state index is 0.0187. The zero-order valence-electron chi connectivity index (χ0n) is 11.8. The lowest BCUT2D eigenvalue weighted by Gasteiger charge is -2.12. The van der Waals surface area contributed by atoms with Crippen molar-refractivity contribution < 1.29 is 9.18 Å². The first-order valence-corrected chi connectivity index (χ1v) is 7.15. The number of nitrogens with two attached hydrogens (primary N) is 1. The Morgan fingerprint density at radius 2 is 1.90 bits per heavy atom. The van der Waals surface area contributed by atoms with Gasteiger partial charge in [0, 0.05) is 29.1 Å². The van der Waals surface area contributed by atoms with Crippen LogP contribution in [0.5, 0.6) is 0 Å². The number of anilines is 1. The molecule has 2 nitrogen and oxygen atoms in total. The maximum Gasteiger partial charge on any atom is 0.138 e. The second kappa shape index (κ2) is 6.72. The van der Waals surface area contributed by atoms with E-state index in [1.807, 2.05) is 31.2 Å². The van der Waals surface area contributed by atoms with Crippen LogP contribution in [0.3, 0.4) is 0 Å². The fourth-order valence-corrected chi connectivity index (χ4v) is 2.48. The minimum atomic E-state index is -0.434. The third-order valence-corrected chi connectivity index (χ3v) is 3.83. The second-order valence-electron chi connectivity index (χ2n) is 5.19. The smallest absolute Gasteiger partial charge is 0.138 e. The quantitative estimate of drug-likeness (QED) is 0.834. The van der Waals surface area contributed by atoms with Crippen LogP contribution < -0.4 is 5.73 Å². The fraction of sp³-hybridized carbons (Fsp3) is 0.235. The topological polar surface area (TPSA) is 43.1 Å². The predicted molar refractivity (Wildman–Crippen MR) is 84.0 cm³/mol. The highest BCUT2D eigenvalue weighted by molar-refractivity contribution is 6.31. The molecular formula is C17H17ClFNO. The summed E-state index contributed by atoms with van der Waals surface area (Å²) >= 11 is 5.94. The SMILES string of the molecule is CC(CC(=O)Cc1c(F)cccc1Cl)c1ccc(N)cc1. The van der Waals surface area contributed by atoms with Crippen LogP contribution in [-0.4, -0.2) is 5.78 Å². The molecular weight excluding hydrogens is 289 g/mol. The minimum Gasteiger partial charge on any atom is -0.399 e. The molecule has 2 rings (SSSR count). The van der Waals surface area contributed by atoms with Gasteiger partial charge in [-0.1, -0.05) is 36.7 Å². The van der Waals surface area contributed by atoms with Crippen molar-refractivity contribution in [3.05, 3.63) is 64.4 Å². The molecule has 0 fully saturated rings. The molecule has 0 radical (unpaired) electrons. The molecule has 2 N–H and O–H groups in total. The summed E-state index contributed by atoms with van der Waals surface area (Å²) in [6.07, 6.45) is 0.361. The molecule has 2 aromatic carbocycles. The molecule has 0 saturated carbocycles. The van der Waals surface area contributed by atoms with Gasteiger partial charge in [0.05, 0.1) is 0 Å². The molecule has 0 bridgehead atoms. The zero-order chi connectivity index (χ0) is 15.4. The number of carbonyl (C=O) groups excluding carboxylic acids is 1. The van der Waals surface area contributed by atoms with Crippen LogP contribution >= 0.6 is 11.6 Å². The van der Waals surface area contributed by atoms with Gasteiger partial charge in [0.1, 0.15) is 11.6 Å². The van der Waals surface area contributed by atoms with E-state index in [4.69, 9.17) is 17.3 Å². The van der Waals surface area contributed by atoms with Crippen LogP contribution in [0.2, 0.25) is 5.02 Å². The predicted octanol–water partition coefficient (Wildman–Crippen LogP) is 4.37. The van der Waals surface area contributed by atoms with Crippen molar-refractivity contribution in [3.63, 3.8) is 0 Å². The molecule has 2 aromatic rings. The molecule has 1 unspecified atom stereocenters. The first kappa shape index (κ1) is 15.5. The summed E-state index contributed by atoms with van der Waals surface area (Å²) in [7, 11) is 0. The van der Waals surface area contributed by atoms with E-state index in [1.54, 1.807) is 6.07 Å². The number of ketones is 1. The van der Waals surface area contributed by atoms with E-state index in [0.717, 1.165) is 5.56 Å². The van der Waals surface area contributed by atoms with E-state index in [9.17, 15) is 9.18 Å². The van der Waals surface area contributed by atoms with Crippen molar-refractivity contribution in [1.82, 2.24) is 0 Å². The molecule has 110 valence electrons. The van der Waals surface area contributed by atoms with Gasteiger partial charge in [-0.2, -0.15) is 0 Å². The summed E-state index contributed by atoms with van der Waals surface area (Å²) in [4.78, 5) is 12.1. The van der Waals surface area contributed by atoms with Crippen molar-refractivity contribution in [2.75, 3.05) is 5.73 Å². The second-order valence-corrected chi connectivity index (χ2v) is 5.59. The molecule has 0 amide bonds. The summed E-state index contributed by atoms with van der Waals surface area (Å²) in [6, 6.07) is 11.9. The van der Waals surface area contributed by atoms with Crippen LogP contribution in [0.1, 0.15) is 30.4 Å². The van der Waals surface area contributed by atoms with Crippen LogP contribution in [0, 0.1) is 5.82 Å². The molecule has 0 aromatic heterocycles. The number of rotatable bonds is 5. The third kappa shape index (κ3) is 4.05. The van der Waals surface area contributed by atoms with E-state index in [2.05, 4.69) is 0 Å². The van der Waals surface area contributed by atoms with Crippen molar-refractivity contribution in [2.45, 2.75) is 25.7 Å². The average Bonchev–Trinajstić information content (AvgIpc) is 2.43. The molecule has 21 heavy (non-hydrogen) atoms. The highest BCUT2D eigenvalue weighted by atomic mass is 35.5. The third-order valence-electron chi connectivity index (χ3n) is 3.47. The van der Waals surface area contributed by atoms with E-state index >= 15 is 0 Å². The van der Waals surface area contributed by atoms with Gasteiger partial charge >= 0.3 is 0 Å². The average molecular weight is 306 g/mol. The lowest BCUT2D eigenvalue weighted by Crippen LogP contribution is -2.09. The number of halogens is 2. The summed E-state index contributed by atoms with van der Waals surface area (Å²) in [5.74, 6) is -0.411. The van der Waals surface area contributed by atoms with Gasteiger partial charge in [0.25, 0.3) is 0 Å².